The van der Waals surface area contributed by atoms with Gasteiger partial charge in [0.05, 0.1) is 16.9 Å². The molecule has 31 heavy (non-hydrogen) atoms. The largest absolute Gasteiger partial charge is 0.455 e. The SMILES string of the molecule is CC(=O)N(C)c1ccccc1C(=O)OCC(=O)Nc1ccccc1Oc1ccccc1. The number of anilines is 2. The van der Waals surface area contributed by atoms with Crippen LogP contribution in [0.25, 0.3) is 0 Å². The normalized spacial score (nSPS) is 10.1. The quantitative estimate of drug-likeness (QED) is 0.580. The van der Waals surface area contributed by atoms with Gasteiger partial charge < -0.3 is 19.7 Å². The molecule has 0 bridgehead atoms. The highest BCUT2D eigenvalue weighted by Gasteiger charge is 2.18. The fourth-order valence-corrected chi connectivity index (χ4v) is 2.78. The molecule has 2 amide bonds. The van der Waals surface area contributed by atoms with Crippen LogP contribution in [0, 0.1) is 0 Å². The van der Waals surface area contributed by atoms with E-state index in [4.69, 9.17) is 9.47 Å². The van der Waals surface area contributed by atoms with Crippen molar-refractivity contribution in [2.45, 2.75) is 6.92 Å². The second-order valence-corrected chi connectivity index (χ2v) is 6.63. The van der Waals surface area contributed by atoms with Crippen LogP contribution in [0.1, 0.15) is 17.3 Å². The summed E-state index contributed by atoms with van der Waals surface area (Å²) >= 11 is 0. The van der Waals surface area contributed by atoms with Crippen LogP contribution >= 0.6 is 0 Å². The van der Waals surface area contributed by atoms with Crippen molar-refractivity contribution in [3.8, 4) is 11.5 Å². The lowest BCUT2D eigenvalue weighted by molar-refractivity contribution is -0.119. The molecule has 0 aliphatic rings. The average molecular weight is 418 g/mol. The van der Waals surface area contributed by atoms with Gasteiger partial charge >= 0.3 is 5.97 Å². The summed E-state index contributed by atoms with van der Waals surface area (Å²) in [6.07, 6.45) is 0. The molecule has 0 spiro atoms. The highest BCUT2D eigenvalue weighted by Crippen LogP contribution is 2.29. The number of nitrogens with one attached hydrogen (secondary N) is 1. The monoisotopic (exact) mass is 418 g/mol. The first-order valence-electron chi connectivity index (χ1n) is 9.58. The van der Waals surface area contributed by atoms with E-state index >= 15 is 0 Å². The molecule has 3 aromatic rings. The van der Waals surface area contributed by atoms with Crippen molar-refractivity contribution in [1.82, 2.24) is 0 Å². The molecule has 0 saturated carbocycles. The van der Waals surface area contributed by atoms with Gasteiger partial charge in [0.15, 0.2) is 12.4 Å². The number of rotatable bonds is 7. The standard InChI is InChI=1S/C24H22N2O5/c1-17(27)26(2)21-14-8-6-12-19(21)24(29)30-16-23(28)25-20-13-7-9-15-22(20)31-18-10-4-3-5-11-18/h3-15H,16H2,1-2H3,(H,25,28). The molecule has 0 heterocycles. The third-order valence-corrected chi connectivity index (χ3v) is 4.42. The Morgan fingerprint density at radius 3 is 2.26 bits per heavy atom. The molecule has 0 radical (unpaired) electrons. The summed E-state index contributed by atoms with van der Waals surface area (Å²) in [4.78, 5) is 37.9. The van der Waals surface area contributed by atoms with Gasteiger partial charge in [0.25, 0.3) is 5.91 Å². The summed E-state index contributed by atoms with van der Waals surface area (Å²) in [5.41, 5.74) is 1.05. The lowest BCUT2D eigenvalue weighted by atomic mass is 10.1. The van der Waals surface area contributed by atoms with Gasteiger partial charge in [0.2, 0.25) is 5.91 Å². The zero-order valence-corrected chi connectivity index (χ0v) is 17.2. The summed E-state index contributed by atoms with van der Waals surface area (Å²) in [6.45, 7) is 0.904. The molecule has 7 heteroatoms. The molecule has 0 saturated heterocycles. The third-order valence-electron chi connectivity index (χ3n) is 4.42. The first kappa shape index (κ1) is 21.6. The van der Waals surface area contributed by atoms with Crippen molar-refractivity contribution >= 4 is 29.2 Å². The molecule has 0 fully saturated rings. The smallest absolute Gasteiger partial charge is 0.340 e. The second-order valence-electron chi connectivity index (χ2n) is 6.63. The summed E-state index contributed by atoms with van der Waals surface area (Å²) < 4.78 is 11.0. The summed E-state index contributed by atoms with van der Waals surface area (Å²) in [5, 5.41) is 2.69. The Morgan fingerprint density at radius 2 is 1.52 bits per heavy atom. The molecule has 7 nitrogen and oxygen atoms in total. The van der Waals surface area contributed by atoms with Gasteiger partial charge in [-0.15, -0.1) is 0 Å². The van der Waals surface area contributed by atoms with E-state index in [-0.39, 0.29) is 11.5 Å². The lowest BCUT2D eigenvalue weighted by Gasteiger charge is -2.18. The third kappa shape index (κ3) is 5.70. The number of ether oxygens (including phenoxy) is 2. The van der Waals surface area contributed by atoms with E-state index in [9.17, 15) is 14.4 Å². The number of hydrogen-bond acceptors (Lipinski definition) is 5. The van der Waals surface area contributed by atoms with Gasteiger partial charge in [0.1, 0.15) is 5.75 Å². The molecular formula is C24H22N2O5. The summed E-state index contributed by atoms with van der Waals surface area (Å²) in [7, 11) is 1.56. The van der Waals surface area contributed by atoms with Crippen LogP contribution < -0.4 is 15.0 Å². The molecule has 1 N–H and O–H groups in total. The van der Waals surface area contributed by atoms with E-state index < -0.39 is 18.5 Å². The van der Waals surface area contributed by atoms with Crippen LogP contribution in [0.3, 0.4) is 0 Å². The zero-order chi connectivity index (χ0) is 22.2. The minimum Gasteiger partial charge on any atom is -0.455 e. The molecule has 0 aliphatic carbocycles. The number of carbonyl (C=O) groups excluding carboxylic acids is 3. The maximum absolute atomic E-state index is 12.5. The Bertz CT molecular complexity index is 1080. The number of para-hydroxylation sites is 4. The number of amides is 2. The van der Waals surface area contributed by atoms with Crippen molar-refractivity contribution in [1.29, 1.82) is 0 Å². The minimum absolute atomic E-state index is 0.195. The molecule has 0 aliphatic heterocycles. The van der Waals surface area contributed by atoms with Crippen LogP contribution in [0.5, 0.6) is 11.5 Å². The number of esters is 1. The van der Waals surface area contributed by atoms with Crippen LogP contribution in [0.2, 0.25) is 0 Å². The van der Waals surface area contributed by atoms with Crippen LogP contribution in [0.15, 0.2) is 78.9 Å². The van der Waals surface area contributed by atoms with Crippen molar-refractivity contribution in [2.75, 3.05) is 23.9 Å². The first-order valence-corrected chi connectivity index (χ1v) is 9.58. The zero-order valence-electron chi connectivity index (χ0n) is 17.2. The Labute approximate surface area is 180 Å². The number of hydrogen-bond donors (Lipinski definition) is 1. The molecule has 0 unspecified atom stereocenters. The molecule has 3 rings (SSSR count). The van der Waals surface area contributed by atoms with Gasteiger partial charge in [-0.25, -0.2) is 4.79 Å². The highest BCUT2D eigenvalue weighted by atomic mass is 16.5. The van der Waals surface area contributed by atoms with Gasteiger partial charge in [-0.1, -0.05) is 42.5 Å². The highest BCUT2D eigenvalue weighted by molar-refractivity contribution is 6.02. The van der Waals surface area contributed by atoms with E-state index in [1.54, 1.807) is 61.6 Å². The maximum Gasteiger partial charge on any atom is 0.340 e. The van der Waals surface area contributed by atoms with Crippen LogP contribution in [-0.2, 0) is 14.3 Å². The van der Waals surface area contributed by atoms with E-state index in [1.807, 2.05) is 18.2 Å². The fraction of sp³-hybridized carbons (Fsp3) is 0.125. The Hall–Kier alpha value is -4.13. The van der Waals surface area contributed by atoms with E-state index in [0.29, 0.717) is 22.9 Å². The minimum atomic E-state index is -0.701. The predicted octanol–water partition coefficient (Wildman–Crippen LogP) is 4.26. The van der Waals surface area contributed by atoms with Gasteiger partial charge in [0, 0.05) is 14.0 Å². The van der Waals surface area contributed by atoms with Crippen molar-refractivity contribution < 1.29 is 23.9 Å². The second kappa shape index (κ2) is 10.1. The number of nitrogens with zero attached hydrogens (tertiary/aromatic N) is 1. The maximum atomic E-state index is 12.5. The predicted molar refractivity (Wildman–Crippen MR) is 117 cm³/mol. The van der Waals surface area contributed by atoms with Gasteiger partial charge in [-0.2, -0.15) is 0 Å². The van der Waals surface area contributed by atoms with Crippen molar-refractivity contribution in [3.05, 3.63) is 84.4 Å². The molecule has 3 aromatic carbocycles. The molecule has 0 atom stereocenters. The first-order chi connectivity index (χ1) is 15.0. The van der Waals surface area contributed by atoms with E-state index in [0.717, 1.165) is 0 Å². The van der Waals surface area contributed by atoms with Crippen molar-refractivity contribution in [2.24, 2.45) is 0 Å². The molecule has 0 aromatic heterocycles. The Morgan fingerprint density at radius 1 is 0.871 bits per heavy atom. The summed E-state index contributed by atoms with van der Waals surface area (Å²) in [6, 6.07) is 22.7. The number of benzene rings is 3. The lowest BCUT2D eigenvalue weighted by Crippen LogP contribution is -2.26. The van der Waals surface area contributed by atoms with Gasteiger partial charge in [-0.05, 0) is 36.4 Å². The van der Waals surface area contributed by atoms with E-state index in [1.165, 1.54) is 17.9 Å². The molecular weight excluding hydrogens is 396 g/mol. The van der Waals surface area contributed by atoms with Gasteiger partial charge in [-0.3, -0.25) is 9.59 Å². The average Bonchev–Trinajstić information content (AvgIpc) is 2.79. The fourth-order valence-electron chi connectivity index (χ4n) is 2.78. The summed E-state index contributed by atoms with van der Waals surface area (Å²) in [5.74, 6) is -0.362. The molecule has 158 valence electrons. The van der Waals surface area contributed by atoms with Crippen LogP contribution in [0.4, 0.5) is 11.4 Å². The van der Waals surface area contributed by atoms with Crippen LogP contribution in [-0.4, -0.2) is 31.4 Å². The Kier molecular flexibility index (Phi) is 7.01. The van der Waals surface area contributed by atoms with E-state index in [2.05, 4.69) is 5.32 Å². The van der Waals surface area contributed by atoms with Crippen molar-refractivity contribution in [3.63, 3.8) is 0 Å². The topological polar surface area (TPSA) is 84.9 Å². The Balaban J connectivity index is 1.64. The number of carbonyl (C=O) groups is 3.